The van der Waals surface area contributed by atoms with E-state index < -0.39 is 0 Å². The number of nitrogens with one attached hydrogen (secondary N) is 2. The number of carbonyl (C=O) groups is 2. The summed E-state index contributed by atoms with van der Waals surface area (Å²) >= 11 is 0. The summed E-state index contributed by atoms with van der Waals surface area (Å²) < 4.78 is 11.5. The number of piperazine rings is 1. The molecule has 4 aromatic rings. The average Bonchev–Trinajstić information content (AvgIpc) is 2.98. The van der Waals surface area contributed by atoms with Gasteiger partial charge in [0.05, 0.1) is 12.2 Å². The summed E-state index contributed by atoms with van der Waals surface area (Å²) in [5.41, 5.74) is 4.97. The topological polar surface area (TPSA) is 83.1 Å². The number of amides is 2. The summed E-state index contributed by atoms with van der Waals surface area (Å²) in [7, 11) is 0. The van der Waals surface area contributed by atoms with E-state index in [1.807, 2.05) is 6.07 Å². The molecule has 2 aliphatic heterocycles. The van der Waals surface area contributed by atoms with E-state index in [2.05, 4.69) is 82.0 Å². The van der Waals surface area contributed by atoms with Crippen LogP contribution in [0.25, 0.3) is 10.8 Å². The Labute approximate surface area is 239 Å². The molecule has 41 heavy (non-hydrogen) atoms. The maximum absolute atomic E-state index is 12.7. The molecule has 1 fully saturated rings. The molecule has 8 nitrogen and oxygen atoms in total. The Bertz CT molecular complexity index is 1560. The van der Waals surface area contributed by atoms with Crippen molar-refractivity contribution in [1.82, 2.24) is 9.80 Å². The van der Waals surface area contributed by atoms with Crippen molar-refractivity contribution >= 4 is 34.0 Å². The summed E-state index contributed by atoms with van der Waals surface area (Å²) in [6.45, 7) is 7.33. The van der Waals surface area contributed by atoms with Crippen molar-refractivity contribution in [3.05, 3.63) is 95.6 Å². The summed E-state index contributed by atoms with van der Waals surface area (Å²) in [5.74, 6) is 1.20. The standard InChI is InChI=1S/C33H34N4O4/c1-23-2-4-24(5-3-23)21-40-29-10-8-26-16-25(6-7-27(26)17-29)19-36-12-14-37(15-13-36)20-32(38)34-28-9-11-30-31(18-28)41-22-33(39)35-30/h2-11,16-18H,12-15,19-22H2,1H3,(H,34,38)(H,35,39). The number of rotatable bonds is 8. The smallest absolute Gasteiger partial charge is 0.262 e. The predicted molar refractivity (Wildman–Crippen MR) is 160 cm³/mol. The molecule has 2 N–H and O–H groups in total. The third-order valence-electron chi connectivity index (χ3n) is 7.54. The third kappa shape index (κ3) is 6.85. The average molecular weight is 551 g/mol. The third-order valence-corrected chi connectivity index (χ3v) is 7.54. The number of anilines is 2. The van der Waals surface area contributed by atoms with Crippen LogP contribution in [0.3, 0.4) is 0 Å². The van der Waals surface area contributed by atoms with Gasteiger partial charge in [0.15, 0.2) is 6.61 Å². The Morgan fingerprint density at radius 3 is 2.44 bits per heavy atom. The second-order valence-electron chi connectivity index (χ2n) is 10.8. The normalized spacial score (nSPS) is 15.6. The number of benzene rings is 4. The van der Waals surface area contributed by atoms with Crippen molar-refractivity contribution in [2.45, 2.75) is 20.1 Å². The first kappa shape index (κ1) is 26.8. The molecule has 210 valence electrons. The molecule has 4 aromatic carbocycles. The molecule has 0 bridgehead atoms. The van der Waals surface area contributed by atoms with Crippen molar-refractivity contribution in [3.63, 3.8) is 0 Å². The molecule has 6 rings (SSSR count). The van der Waals surface area contributed by atoms with Crippen molar-refractivity contribution in [3.8, 4) is 11.5 Å². The van der Waals surface area contributed by atoms with Crippen molar-refractivity contribution in [2.75, 3.05) is 50.0 Å². The first-order valence-electron chi connectivity index (χ1n) is 14.0. The van der Waals surface area contributed by atoms with Crippen molar-refractivity contribution in [1.29, 1.82) is 0 Å². The van der Waals surface area contributed by atoms with Gasteiger partial charge in [-0.25, -0.2) is 0 Å². The van der Waals surface area contributed by atoms with Crippen LogP contribution in [0.1, 0.15) is 16.7 Å². The van der Waals surface area contributed by atoms with E-state index in [1.165, 1.54) is 21.9 Å². The lowest BCUT2D eigenvalue weighted by Gasteiger charge is -2.34. The van der Waals surface area contributed by atoms with Gasteiger partial charge in [0.25, 0.3) is 5.91 Å². The summed E-state index contributed by atoms with van der Waals surface area (Å²) in [5, 5.41) is 8.07. The Hall–Kier alpha value is -4.40. The number of fused-ring (bicyclic) bond motifs is 2. The molecule has 0 aromatic heterocycles. The Kier molecular flexibility index (Phi) is 7.84. The van der Waals surface area contributed by atoms with Crippen LogP contribution in [0.2, 0.25) is 0 Å². The Morgan fingerprint density at radius 1 is 0.878 bits per heavy atom. The van der Waals surface area contributed by atoms with E-state index in [4.69, 9.17) is 9.47 Å². The highest BCUT2D eigenvalue weighted by Gasteiger charge is 2.20. The van der Waals surface area contributed by atoms with E-state index in [9.17, 15) is 9.59 Å². The fourth-order valence-electron chi connectivity index (χ4n) is 5.23. The number of ether oxygens (including phenoxy) is 2. The first-order valence-corrected chi connectivity index (χ1v) is 14.0. The van der Waals surface area contributed by atoms with Gasteiger partial charge in [0.2, 0.25) is 5.91 Å². The van der Waals surface area contributed by atoms with Gasteiger partial charge < -0.3 is 20.1 Å². The van der Waals surface area contributed by atoms with Gasteiger partial charge in [-0.15, -0.1) is 0 Å². The monoisotopic (exact) mass is 550 g/mol. The molecule has 0 saturated carbocycles. The van der Waals surface area contributed by atoms with Crippen molar-refractivity contribution < 1.29 is 19.1 Å². The zero-order chi connectivity index (χ0) is 28.2. The molecule has 0 unspecified atom stereocenters. The second-order valence-corrected chi connectivity index (χ2v) is 10.8. The van der Waals surface area contributed by atoms with Crippen LogP contribution < -0.4 is 20.1 Å². The minimum atomic E-state index is -0.178. The highest BCUT2D eigenvalue weighted by Crippen LogP contribution is 2.30. The van der Waals surface area contributed by atoms with Crippen LogP contribution in [0.4, 0.5) is 11.4 Å². The van der Waals surface area contributed by atoms with E-state index >= 15 is 0 Å². The SMILES string of the molecule is Cc1ccc(COc2ccc3cc(CN4CCN(CC(=O)Nc5ccc6c(c5)OCC(=O)N6)CC4)ccc3c2)cc1. The molecule has 0 spiro atoms. The van der Waals surface area contributed by atoms with E-state index in [-0.39, 0.29) is 18.4 Å². The largest absolute Gasteiger partial charge is 0.489 e. The Balaban J connectivity index is 0.967. The molecule has 0 aliphatic carbocycles. The zero-order valence-corrected chi connectivity index (χ0v) is 23.2. The van der Waals surface area contributed by atoms with Crippen LogP contribution in [0.5, 0.6) is 11.5 Å². The molecule has 8 heteroatoms. The molecular weight excluding hydrogens is 516 g/mol. The summed E-state index contributed by atoms with van der Waals surface area (Å²) in [6.07, 6.45) is 0. The van der Waals surface area contributed by atoms with Gasteiger partial charge >= 0.3 is 0 Å². The summed E-state index contributed by atoms with van der Waals surface area (Å²) in [4.78, 5) is 28.7. The fraction of sp³-hybridized carbons (Fsp3) is 0.273. The van der Waals surface area contributed by atoms with Crippen LogP contribution in [0.15, 0.2) is 78.9 Å². The quantitative estimate of drug-likeness (QED) is 0.328. The van der Waals surface area contributed by atoms with E-state index in [0.717, 1.165) is 44.0 Å². The number of hydrogen-bond acceptors (Lipinski definition) is 6. The second kappa shape index (κ2) is 12.0. The number of hydrogen-bond donors (Lipinski definition) is 2. The highest BCUT2D eigenvalue weighted by atomic mass is 16.5. The minimum Gasteiger partial charge on any atom is -0.489 e. The first-order chi connectivity index (χ1) is 20.0. The number of carbonyl (C=O) groups excluding carboxylic acids is 2. The number of nitrogens with zero attached hydrogens (tertiary/aromatic N) is 2. The summed E-state index contributed by atoms with van der Waals surface area (Å²) in [6, 6.07) is 26.6. The molecular formula is C33H34N4O4. The molecule has 0 atom stereocenters. The lowest BCUT2D eigenvalue weighted by Crippen LogP contribution is -2.48. The van der Waals surface area contributed by atoms with Gasteiger partial charge in [0.1, 0.15) is 18.1 Å². The van der Waals surface area contributed by atoms with Crippen LogP contribution in [0, 0.1) is 6.92 Å². The zero-order valence-electron chi connectivity index (χ0n) is 23.2. The van der Waals surface area contributed by atoms with E-state index in [1.54, 1.807) is 18.2 Å². The number of aryl methyl sites for hydroxylation is 1. The minimum absolute atomic E-state index is 0.0151. The predicted octanol–water partition coefficient (Wildman–Crippen LogP) is 4.81. The van der Waals surface area contributed by atoms with E-state index in [0.29, 0.717) is 30.3 Å². The van der Waals surface area contributed by atoms with Gasteiger partial charge in [-0.05, 0) is 59.2 Å². The molecule has 2 heterocycles. The van der Waals surface area contributed by atoms with Crippen molar-refractivity contribution in [2.24, 2.45) is 0 Å². The van der Waals surface area contributed by atoms with Crippen LogP contribution in [-0.4, -0.2) is 60.9 Å². The lowest BCUT2D eigenvalue weighted by atomic mass is 10.1. The van der Waals surface area contributed by atoms with Gasteiger partial charge in [0, 0.05) is 44.5 Å². The maximum Gasteiger partial charge on any atom is 0.262 e. The van der Waals surface area contributed by atoms with Gasteiger partial charge in [-0.2, -0.15) is 0 Å². The fourth-order valence-corrected chi connectivity index (χ4v) is 5.23. The van der Waals surface area contributed by atoms with Gasteiger partial charge in [-0.1, -0.05) is 48.0 Å². The lowest BCUT2D eigenvalue weighted by molar-refractivity contribution is -0.119. The van der Waals surface area contributed by atoms with Crippen LogP contribution >= 0.6 is 0 Å². The maximum atomic E-state index is 12.7. The molecule has 1 saturated heterocycles. The van der Waals surface area contributed by atoms with Crippen LogP contribution in [-0.2, 0) is 22.7 Å². The highest BCUT2D eigenvalue weighted by molar-refractivity contribution is 5.97. The van der Waals surface area contributed by atoms with Gasteiger partial charge in [-0.3, -0.25) is 19.4 Å². The molecule has 2 aliphatic rings. The molecule has 2 amide bonds. The molecule has 0 radical (unpaired) electrons. The Morgan fingerprint density at radius 2 is 1.61 bits per heavy atom.